The van der Waals surface area contributed by atoms with Gasteiger partial charge in [0.15, 0.2) is 10.9 Å². The second kappa shape index (κ2) is 7.94. The zero-order chi connectivity index (χ0) is 20.2. The summed E-state index contributed by atoms with van der Waals surface area (Å²) in [6, 6.07) is 13.4. The standard InChI is InChI=1S/C18H12N6O4S/c25-17(15-8-12-3-1-2-4-14(12)28-15)22-20-9-11-5-6-16(13(7-11)24(26)27)29-18-19-10-21-23-18/h1-10H,(H,22,25)(H,19,21,23)/b20-9-. The summed E-state index contributed by atoms with van der Waals surface area (Å²) in [4.78, 5) is 27.4. The summed E-state index contributed by atoms with van der Waals surface area (Å²) in [6.45, 7) is 0. The van der Waals surface area contributed by atoms with Crippen molar-refractivity contribution in [1.82, 2.24) is 20.6 Å². The van der Waals surface area contributed by atoms with Crippen molar-refractivity contribution in [2.24, 2.45) is 5.10 Å². The maximum atomic E-state index is 12.2. The Labute approximate surface area is 167 Å². The first kappa shape index (κ1) is 18.4. The van der Waals surface area contributed by atoms with Crippen LogP contribution in [0.15, 0.2) is 74.4 Å². The fraction of sp³-hybridized carbons (Fsp3) is 0. The third kappa shape index (κ3) is 4.14. The molecule has 11 heteroatoms. The number of para-hydroxylation sites is 1. The molecule has 0 bridgehead atoms. The number of nitro groups is 1. The highest BCUT2D eigenvalue weighted by molar-refractivity contribution is 7.99. The van der Waals surface area contributed by atoms with Crippen LogP contribution in [0, 0.1) is 10.1 Å². The summed E-state index contributed by atoms with van der Waals surface area (Å²) >= 11 is 1.09. The molecule has 29 heavy (non-hydrogen) atoms. The molecule has 10 nitrogen and oxygen atoms in total. The maximum absolute atomic E-state index is 12.2. The molecule has 4 aromatic rings. The summed E-state index contributed by atoms with van der Waals surface area (Å²) in [5, 5.41) is 22.8. The first-order valence-electron chi connectivity index (χ1n) is 8.24. The monoisotopic (exact) mass is 408 g/mol. The zero-order valence-electron chi connectivity index (χ0n) is 14.6. The van der Waals surface area contributed by atoms with E-state index in [9.17, 15) is 14.9 Å². The van der Waals surface area contributed by atoms with Crippen LogP contribution in [0.25, 0.3) is 11.0 Å². The van der Waals surface area contributed by atoms with E-state index in [1.807, 2.05) is 18.2 Å². The van der Waals surface area contributed by atoms with Crippen LogP contribution in [0.4, 0.5) is 5.69 Å². The number of furan rings is 1. The first-order valence-corrected chi connectivity index (χ1v) is 9.05. The molecule has 2 heterocycles. The number of rotatable bonds is 6. The van der Waals surface area contributed by atoms with Crippen molar-refractivity contribution in [3.05, 3.63) is 76.3 Å². The molecular weight excluding hydrogens is 396 g/mol. The molecule has 0 saturated heterocycles. The van der Waals surface area contributed by atoms with E-state index in [1.54, 1.807) is 24.3 Å². The first-order chi connectivity index (χ1) is 14.1. The minimum absolute atomic E-state index is 0.112. The van der Waals surface area contributed by atoms with Crippen molar-refractivity contribution in [2.75, 3.05) is 0 Å². The van der Waals surface area contributed by atoms with Gasteiger partial charge < -0.3 is 4.42 Å². The van der Waals surface area contributed by atoms with E-state index >= 15 is 0 Å². The molecule has 0 saturated carbocycles. The van der Waals surface area contributed by atoms with Gasteiger partial charge in [0.2, 0.25) is 0 Å². The van der Waals surface area contributed by atoms with Crippen LogP contribution in [0.3, 0.4) is 0 Å². The number of amides is 1. The molecule has 0 atom stereocenters. The van der Waals surface area contributed by atoms with Crippen molar-refractivity contribution >= 4 is 40.5 Å². The number of benzene rings is 2. The molecular formula is C18H12N6O4S. The van der Waals surface area contributed by atoms with Crippen molar-refractivity contribution < 1.29 is 14.1 Å². The second-order valence-corrected chi connectivity index (χ2v) is 6.76. The van der Waals surface area contributed by atoms with E-state index in [-0.39, 0.29) is 11.4 Å². The molecule has 0 aliphatic carbocycles. The van der Waals surface area contributed by atoms with Crippen molar-refractivity contribution in [1.29, 1.82) is 0 Å². The Morgan fingerprint density at radius 2 is 2.14 bits per heavy atom. The smallest absolute Gasteiger partial charge is 0.307 e. The normalized spacial score (nSPS) is 11.2. The quantitative estimate of drug-likeness (QED) is 0.283. The van der Waals surface area contributed by atoms with E-state index < -0.39 is 10.8 Å². The Morgan fingerprint density at radius 3 is 2.90 bits per heavy atom. The van der Waals surface area contributed by atoms with Crippen LogP contribution in [-0.4, -0.2) is 32.2 Å². The van der Waals surface area contributed by atoms with Gasteiger partial charge >= 0.3 is 5.91 Å². The van der Waals surface area contributed by atoms with Gasteiger partial charge in [-0.25, -0.2) is 10.4 Å². The largest absolute Gasteiger partial charge is 0.451 e. The van der Waals surface area contributed by atoms with Crippen LogP contribution in [-0.2, 0) is 0 Å². The number of carbonyl (C=O) groups is 1. The molecule has 144 valence electrons. The lowest BCUT2D eigenvalue weighted by molar-refractivity contribution is -0.387. The highest BCUT2D eigenvalue weighted by Gasteiger charge is 2.17. The van der Waals surface area contributed by atoms with Crippen LogP contribution >= 0.6 is 11.8 Å². The van der Waals surface area contributed by atoms with Crippen molar-refractivity contribution in [3.8, 4) is 0 Å². The Morgan fingerprint density at radius 1 is 1.28 bits per heavy atom. The number of aromatic amines is 1. The number of carbonyl (C=O) groups excluding carboxylic acids is 1. The molecule has 0 unspecified atom stereocenters. The fourth-order valence-electron chi connectivity index (χ4n) is 2.51. The van der Waals surface area contributed by atoms with Gasteiger partial charge in [0.1, 0.15) is 11.9 Å². The molecule has 2 N–H and O–H groups in total. The van der Waals surface area contributed by atoms with Gasteiger partial charge in [0, 0.05) is 17.0 Å². The van der Waals surface area contributed by atoms with Gasteiger partial charge in [0.25, 0.3) is 5.69 Å². The van der Waals surface area contributed by atoms with E-state index in [2.05, 4.69) is 25.7 Å². The number of hydrazone groups is 1. The van der Waals surface area contributed by atoms with Crippen LogP contribution in [0.5, 0.6) is 0 Å². The molecule has 0 radical (unpaired) electrons. The molecule has 4 rings (SSSR count). The van der Waals surface area contributed by atoms with Crippen LogP contribution in [0.2, 0.25) is 0 Å². The Balaban J connectivity index is 1.48. The number of H-pyrrole nitrogens is 1. The SMILES string of the molecule is O=C(N/N=C\c1ccc(Sc2ncn[nH]2)c([N+](=O)[O-])c1)c1cc2ccccc2o1. The highest BCUT2D eigenvalue weighted by Crippen LogP contribution is 2.33. The summed E-state index contributed by atoms with van der Waals surface area (Å²) in [5.74, 6) is -0.405. The topological polar surface area (TPSA) is 139 Å². The van der Waals surface area contributed by atoms with Gasteiger partial charge in [-0.1, -0.05) is 24.3 Å². The van der Waals surface area contributed by atoms with E-state index in [4.69, 9.17) is 4.42 Å². The van der Waals surface area contributed by atoms with E-state index in [0.29, 0.717) is 21.2 Å². The minimum atomic E-state index is -0.524. The van der Waals surface area contributed by atoms with Gasteiger partial charge in [0.05, 0.1) is 16.0 Å². The third-order valence-corrected chi connectivity index (χ3v) is 4.76. The summed E-state index contributed by atoms with van der Waals surface area (Å²) in [6.07, 6.45) is 2.64. The summed E-state index contributed by atoms with van der Waals surface area (Å²) in [7, 11) is 0. The molecule has 2 aromatic carbocycles. The van der Waals surface area contributed by atoms with Crippen LogP contribution < -0.4 is 5.43 Å². The second-order valence-electron chi connectivity index (χ2n) is 5.72. The third-order valence-electron chi connectivity index (χ3n) is 3.81. The van der Waals surface area contributed by atoms with Crippen molar-refractivity contribution in [3.63, 3.8) is 0 Å². The molecule has 0 fully saturated rings. The van der Waals surface area contributed by atoms with E-state index in [1.165, 1.54) is 18.6 Å². The van der Waals surface area contributed by atoms with E-state index in [0.717, 1.165) is 17.1 Å². The van der Waals surface area contributed by atoms with Gasteiger partial charge in [-0.2, -0.15) is 10.2 Å². The number of hydrogen-bond acceptors (Lipinski definition) is 8. The lowest BCUT2D eigenvalue weighted by Crippen LogP contribution is -2.16. The van der Waals surface area contributed by atoms with Gasteiger partial charge in [-0.05, 0) is 30.0 Å². The maximum Gasteiger partial charge on any atom is 0.307 e. The Kier molecular flexibility index (Phi) is 5.03. The highest BCUT2D eigenvalue weighted by atomic mass is 32.2. The predicted octanol–water partition coefficient (Wildman–Crippen LogP) is 3.37. The predicted molar refractivity (Wildman–Crippen MR) is 105 cm³/mol. The molecule has 2 aromatic heterocycles. The van der Waals surface area contributed by atoms with Gasteiger partial charge in [-0.3, -0.25) is 20.0 Å². The lowest BCUT2D eigenvalue weighted by atomic mass is 10.2. The Bertz CT molecular complexity index is 1190. The van der Waals surface area contributed by atoms with Crippen LogP contribution in [0.1, 0.15) is 16.1 Å². The molecule has 0 spiro atoms. The average Bonchev–Trinajstić information content (AvgIpc) is 3.38. The zero-order valence-corrected chi connectivity index (χ0v) is 15.4. The average molecular weight is 408 g/mol. The van der Waals surface area contributed by atoms with Gasteiger partial charge in [-0.15, -0.1) is 0 Å². The number of nitro benzene ring substituents is 1. The Hall–Kier alpha value is -3.99. The number of nitrogens with one attached hydrogen (secondary N) is 2. The number of aromatic nitrogens is 3. The summed E-state index contributed by atoms with van der Waals surface area (Å²) < 4.78 is 5.46. The number of nitrogens with zero attached hydrogens (tertiary/aromatic N) is 4. The fourth-order valence-corrected chi connectivity index (χ4v) is 3.29. The molecule has 0 aliphatic heterocycles. The lowest BCUT2D eigenvalue weighted by Gasteiger charge is -2.02. The number of hydrogen-bond donors (Lipinski definition) is 2. The summed E-state index contributed by atoms with van der Waals surface area (Å²) in [5.41, 5.74) is 3.28. The number of fused-ring (bicyclic) bond motifs is 1. The molecule has 1 amide bonds. The van der Waals surface area contributed by atoms with Crippen molar-refractivity contribution in [2.45, 2.75) is 10.1 Å². The minimum Gasteiger partial charge on any atom is -0.451 e. The molecule has 0 aliphatic rings.